The molecule has 2 aliphatic rings. The standard InChI is InChI=1S/C15H25N3O3/c1-3-13-6-4-5-7-18(13)15(21)14(20)17-10-8-16(9-11-17)12(2)19/h13H,3-11H2,1-2H3. The number of carbonyl (C=O) groups excluding carboxylic acids is 3. The molecule has 2 heterocycles. The highest BCUT2D eigenvalue weighted by Gasteiger charge is 2.33. The van der Waals surface area contributed by atoms with Gasteiger partial charge in [-0.05, 0) is 25.7 Å². The van der Waals surface area contributed by atoms with Crippen LogP contribution in [0.4, 0.5) is 0 Å². The van der Waals surface area contributed by atoms with E-state index >= 15 is 0 Å². The molecule has 2 saturated heterocycles. The van der Waals surface area contributed by atoms with E-state index in [0.29, 0.717) is 32.7 Å². The quantitative estimate of drug-likeness (QED) is 0.661. The smallest absolute Gasteiger partial charge is 0.312 e. The van der Waals surface area contributed by atoms with Crippen molar-refractivity contribution in [2.75, 3.05) is 32.7 Å². The summed E-state index contributed by atoms with van der Waals surface area (Å²) in [6, 6.07) is 0.203. The molecule has 6 heteroatoms. The third-order valence-corrected chi connectivity index (χ3v) is 4.55. The summed E-state index contributed by atoms with van der Waals surface area (Å²) in [7, 11) is 0. The Balaban J connectivity index is 1.93. The third-order valence-electron chi connectivity index (χ3n) is 4.55. The minimum Gasteiger partial charge on any atom is -0.339 e. The Morgan fingerprint density at radius 2 is 1.52 bits per heavy atom. The van der Waals surface area contributed by atoms with Crippen molar-refractivity contribution in [2.24, 2.45) is 0 Å². The van der Waals surface area contributed by atoms with E-state index in [9.17, 15) is 14.4 Å². The Hall–Kier alpha value is -1.59. The lowest BCUT2D eigenvalue weighted by molar-refractivity contribution is -0.155. The van der Waals surface area contributed by atoms with Crippen molar-refractivity contribution in [3.05, 3.63) is 0 Å². The molecule has 0 aromatic heterocycles. The van der Waals surface area contributed by atoms with E-state index in [-0.39, 0.29) is 17.9 Å². The summed E-state index contributed by atoms with van der Waals surface area (Å²) >= 11 is 0. The van der Waals surface area contributed by atoms with Crippen LogP contribution < -0.4 is 0 Å². The van der Waals surface area contributed by atoms with Gasteiger partial charge < -0.3 is 14.7 Å². The highest BCUT2D eigenvalue weighted by atomic mass is 16.2. The van der Waals surface area contributed by atoms with Crippen molar-refractivity contribution in [1.82, 2.24) is 14.7 Å². The fourth-order valence-electron chi connectivity index (χ4n) is 3.17. The maximum Gasteiger partial charge on any atom is 0.312 e. The van der Waals surface area contributed by atoms with Crippen LogP contribution >= 0.6 is 0 Å². The predicted octanol–water partition coefficient (Wildman–Crippen LogP) is 0.468. The van der Waals surface area contributed by atoms with E-state index in [1.54, 1.807) is 14.7 Å². The van der Waals surface area contributed by atoms with Crippen molar-refractivity contribution >= 4 is 17.7 Å². The summed E-state index contributed by atoms with van der Waals surface area (Å²) < 4.78 is 0. The monoisotopic (exact) mass is 295 g/mol. The number of likely N-dealkylation sites (tertiary alicyclic amines) is 1. The number of amides is 3. The van der Waals surface area contributed by atoms with Gasteiger partial charge in [0.15, 0.2) is 0 Å². The summed E-state index contributed by atoms with van der Waals surface area (Å²) in [5, 5.41) is 0. The first-order valence-electron chi connectivity index (χ1n) is 7.90. The van der Waals surface area contributed by atoms with E-state index in [1.165, 1.54) is 6.92 Å². The molecule has 0 saturated carbocycles. The van der Waals surface area contributed by atoms with Gasteiger partial charge in [0, 0.05) is 45.7 Å². The highest BCUT2D eigenvalue weighted by molar-refractivity contribution is 6.35. The summed E-state index contributed by atoms with van der Waals surface area (Å²) in [4.78, 5) is 41.1. The van der Waals surface area contributed by atoms with Crippen LogP contribution in [0.2, 0.25) is 0 Å². The maximum absolute atomic E-state index is 12.4. The Morgan fingerprint density at radius 1 is 0.905 bits per heavy atom. The van der Waals surface area contributed by atoms with Gasteiger partial charge in [0.05, 0.1) is 0 Å². The normalized spacial score (nSPS) is 23.1. The molecule has 2 aliphatic heterocycles. The number of hydrogen-bond acceptors (Lipinski definition) is 3. The average molecular weight is 295 g/mol. The third kappa shape index (κ3) is 3.54. The first-order valence-corrected chi connectivity index (χ1v) is 7.90. The largest absolute Gasteiger partial charge is 0.339 e. The second kappa shape index (κ2) is 6.91. The lowest BCUT2D eigenvalue weighted by atomic mass is 10.00. The van der Waals surface area contributed by atoms with E-state index < -0.39 is 5.91 Å². The van der Waals surface area contributed by atoms with Crippen molar-refractivity contribution < 1.29 is 14.4 Å². The second-order valence-electron chi connectivity index (χ2n) is 5.85. The topological polar surface area (TPSA) is 60.9 Å². The Labute approximate surface area is 126 Å². The van der Waals surface area contributed by atoms with Gasteiger partial charge in [-0.2, -0.15) is 0 Å². The van der Waals surface area contributed by atoms with Crippen LogP contribution in [0.5, 0.6) is 0 Å². The Morgan fingerprint density at radius 3 is 2.10 bits per heavy atom. The summed E-state index contributed by atoms with van der Waals surface area (Å²) in [5.41, 5.74) is 0. The van der Waals surface area contributed by atoms with E-state index in [0.717, 1.165) is 25.7 Å². The molecule has 0 spiro atoms. The van der Waals surface area contributed by atoms with E-state index in [4.69, 9.17) is 0 Å². The molecule has 3 amide bonds. The molecule has 6 nitrogen and oxygen atoms in total. The van der Waals surface area contributed by atoms with Gasteiger partial charge in [-0.15, -0.1) is 0 Å². The summed E-state index contributed by atoms with van der Waals surface area (Å²) in [5.74, 6) is -0.744. The first kappa shape index (κ1) is 15.8. The Kier molecular flexibility index (Phi) is 5.20. The number of piperazine rings is 1. The lowest BCUT2D eigenvalue weighted by Gasteiger charge is -2.38. The molecule has 118 valence electrons. The fraction of sp³-hybridized carbons (Fsp3) is 0.800. The van der Waals surface area contributed by atoms with Gasteiger partial charge >= 0.3 is 11.8 Å². The molecule has 0 N–H and O–H groups in total. The zero-order chi connectivity index (χ0) is 15.4. The van der Waals surface area contributed by atoms with Crippen molar-refractivity contribution in [2.45, 2.75) is 45.6 Å². The molecular formula is C15H25N3O3. The maximum atomic E-state index is 12.4. The lowest BCUT2D eigenvalue weighted by Crippen LogP contribution is -2.56. The average Bonchev–Trinajstić information content (AvgIpc) is 2.53. The number of carbonyl (C=O) groups is 3. The van der Waals surface area contributed by atoms with Crippen LogP contribution in [0.3, 0.4) is 0 Å². The molecule has 21 heavy (non-hydrogen) atoms. The van der Waals surface area contributed by atoms with Crippen LogP contribution in [-0.4, -0.2) is 71.2 Å². The zero-order valence-corrected chi connectivity index (χ0v) is 13.0. The number of rotatable bonds is 1. The van der Waals surface area contributed by atoms with Crippen molar-refractivity contribution in [3.63, 3.8) is 0 Å². The highest BCUT2D eigenvalue weighted by Crippen LogP contribution is 2.20. The molecule has 0 aromatic carbocycles. The predicted molar refractivity (Wildman–Crippen MR) is 78.5 cm³/mol. The van der Waals surface area contributed by atoms with Crippen LogP contribution in [0.15, 0.2) is 0 Å². The van der Waals surface area contributed by atoms with Gasteiger partial charge in [0.2, 0.25) is 5.91 Å². The SMILES string of the molecule is CCC1CCCCN1C(=O)C(=O)N1CCN(C(C)=O)CC1. The second-order valence-corrected chi connectivity index (χ2v) is 5.85. The number of nitrogens with zero attached hydrogens (tertiary/aromatic N) is 3. The van der Waals surface area contributed by atoms with Crippen LogP contribution in [0.25, 0.3) is 0 Å². The first-order chi connectivity index (χ1) is 10.0. The minimum absolute atomic E-state index is 0.0236. The van der Waals surface area contributed by atoms with Gasteiger partial charge in [-0.1, -0.05) is 6.92 Å². The van der Waals surface area contributed by atoms with E-state index in [2.05, 4.69) is 6.92 Å². The summed E-state index contributed by atoms with van der Waals surface area (Å²) in [6.45, 7) is 6.23. The molecule has 2 rings (SSSR count). The molecule has 0 radical (unpaired) electrons. The van der Waals surface area contributed by atoms with Crippen molar-refractivity contribution in [3.8, 4) is 0 Å². The zero-order valence-electron chi connectivity index (χ0n) is 13.0. The van der Waals surface area contributed by atoms with Gasteiger partial charge in [-0.25, -0.2) is 0 Å². The van der Waals surface area contributed by atoms with Crippen LogP contribution in [0.1, 0.15) is 39.5 Å². The van der Waals surface area contributed by atoms with E-state index in [1.807, 2.05) is 0 Å². The van der Waals surface area contributed by atoms with Gasteiger partial charge in [-0.3, -0.25) is 14.4 Å². The van der Waals surface area contributed by atoms with Gasteiger partial charge in [0.25, 0.3) is 0 Å². The molecule has 1 unspecified atom stereocenters. The molecule has 0 bridgehead atoms. The number of hydrogen-bond donors (Lipinski definition) is 0. The van der Waals surface area contributed by atoms with Crippen LogP contribution in [-0.2, 0) is 14.4 Å². The minimum atomic E-state index is -0.404. The van der Waals surface area contributed by atoms with Crippen LogP contribution in [0, 0.1) is 0 Å². The molecule has 2 fully saturated rings. The number of piperidine rings is 1. The Bertz CT molecular complexity index is 416. The van der Waals surface area contributed by atoms with Gasteiger partial charge in [0.1, 0.15) is 0 Å². The molecular weight excluding hydrogens is 270 g/mol. The summed E-state index contributed by atoms with van der Waals surface area (Å²) in [6.07, 6.45) is 4.01. The molecule has 0 aromatic rings. The molecule has 0 aliphatic carbocycles. The molecule has 1 atom stereocenters. The van der Waals surface area contributed by atoms with Crippen molar-refractivity contribution in [1.29, 1.82) is 0 Å². The fourth-order valence-corrected chi connectivity index (χ4v) is 3.17.